The number of esters is 1. The van der Waals surface area contributed by atoms with Gasteiger partial charge in [-0.05, 0) is 107 Å². The summed E-state index contributed by atoms with van der Waals surface area (Å²) in [6.07, 6.45) is 12.1. The summed E-state index contributed by atoms with van der Waals surface area (Å²) in [7, 11) is 1.57. The summed E-state index contributed by atoms with van der Waals surface area (Å²) in [5.41, 5.74) is 1.14. The highest BCUT2D eigenvalue weighted by Crippen LogP contribution is 2.38. The average Bonchev–Trinajstić information content (AvgIpc) is 3.28. The van der Waals surface area contributed by atoms with Gasteiger partial charge in [-0.2, -0.15) is 0 Å². The van der Waals surface area contributed by atoms with Crippen molar-refractivity contribution in [1.82, 2.24) is 4.90 Å². The monoisotopic (exact) mass is 914 g/mol. The number of piperidine rings is 1. The van der Waals surface area contributed by atoms with Gasteiger partial charge in [-0.1, -0.05) is 71.1 Å². The van der Waals surface area contributed by atoms with E-state index < -0.39 is 90.3 Å². The highest BCUT2D eigenvalue weighted by Gasteiger charge is 2.53. The zero-order valence-corrected chi connectivity index (χ0v) is 40.1. The Kier molecular flexibility index (Phi) is 21.0. The van der Waals surface area contributed by atoms with Crippen LogP contribution in [0.25, 0.3) is 0 Å². The van der Waals surface area contributed by atoms with Gasteiger partial charge >= 0.3 is 5.97 Å². The van der Waals surface area contributed by atoms with Gasteiger partial charge in [-0.15, -0.1) is 0 Å². The van der Waals surface area contributed by atoms with Crippen LogP contribution in [0.5, 0.6) is 0 Å². The number of aliphatic hydroxyl groups is 5. The Hall–Kier alpha value is -3.37. The molecule has 3 fully saturated rings. The molecule has 14 nitrogen and oxygen atoms in total. The predicted molar refractivity (Wildman–Crippen MR) is 245 cm³/mol. The molecule has 1 saturated carbocycles. The molecule has 3 heterocycles. The van der Waals surface area contributed by atoms with Crippen molar-refractivity contribution in [3.8, 4) is 0 Å². The van der Waals surface area contributed by atoms with Crippen LogP contribution >= 0.6 is 0 Å². The lowest BCUT2D eigenvalue weighted by Gasteiger charge is -2.42. The number of carbonyl (C=O) groups is 5. The van der Waals surface area contributed by atoms with Gasteiger partial charge in [0, 0.05) is 56.8 Å². The maximum atomic E-state index is 14.3. The van der Waals surface area contributed by atoms with Gasteiger partial charge in [0.05, 0.1) is 36.9 Å². The van der Waals surface area contributed by atoms with Crippen LogP contribution in [0.15, 0.2) is 47.6 Å². The largest absolute Gasteiger partial charge is 0.460 e. The number of nitrogens with zero attached hydrogens (tertiary/aromatic N) is 1. The maximum Gasteiger partial charge on any atom is 0.329 e. The SMILES string of the molecule is CO[C@@H]1C[C@@H]2CC[C@@H](C)[C@@](O)(O2)C(=O)C(=O)N2CCCC[C@H]2C(=O)OC([C@H](C)CC2CC[C@@H](O)[C@H](CO)C2)CC(=O)/C(C)=C/C(C)[C@@H](O)[C@@H](CO)C(=O)[C@@H](C)C[C@H](C)C=CC=CC=C1C. The van der Waals surface area contributed by atoms with E-state index >= 15 is 0 Å². The molecular weight excluding hydrogens is 835 g/mol. The van der Waals surface area contributed by atoms with Crippen molar-refractivity contribution in [3.63, 3.8) is 0 Å². The van der Waals surface area contributed by atoms with Crippen LogP contribution in [-0.4, -0.2) is 129 Å². The molecule has 15 atom stereocenters. The minimum Gasteiger partial charge on any atom is -0.460 e. The molecule has 5 N–H and O–H groups in total. The molecule has 0 aromatic rings. The second-order valence-electron chi connectivity index (χ2n) is 19.9. The number of cyclic esters (lactones) is 1. The van der Waals surface area contributed by atoms with Crippen LogP contribution in [-0.2, 0) is 38.2 Å². The maximum absolute atomic E-state index is 14.3. The first-order valence-electron chi connectivity index (χ1n) is 24.1. The molecule has 1 amide bonds. The zero-order valence-electron chi connectivity index (χ0n) is 40.1. The van der Waals surface area contributed by atoms with Gasteiger partial charge in [-0.3, -0.25) is 19.2 Å². The lowest BCUT2D eigenvalue weighted by atomic mass is 9.75. The summed E-state index contributed by atoms with van der Waals surface area (Å²) in [5.74, 6) is -9.67. The van der Waals surface area contributed by atoms with Gasteiger partial charge in [0.25, 0.3) is 11.7 Å². The molecule has 0 aromatic carbocycles. The summed E-state index contributed by atoms with van der Waals surface area (Å²) >= 11 is 0. The van der Waals surface area contributed by atoms with E-state index in [1.54, 1.807) is 40.9 Å². The van der Waals surface area contributed by atoms with E-state index in [1.165, 1.54) is 4.90 Å². The van der Waals surface area contributed by atoms with Crippen LogP contribution in [0.1, 0.15) is 126 Å². The zero-order chi connectivity index (χ0) is 48.2. The lowest BCUT2D eigenvalue weighted by molar-refractivity contribution is -0.265. The third-order valence-electron chi connectivity index (χ3n) is 14.7. The van der Waals surface area contributed by atoms with Gasteiger partial charge in [0.1, 0.15) is 17.9 Å². The highest BCUT2D eigenvalue weighted by atomic mass is 16.6. The first-order valence-corrected chi connectivity index (χ1v) is 24.1. The fourth-order valence-corrected chi connectivity index (χ4v) is 10.3. The first kappa shape index (κ1) is 54.2. The molecule has 4 rings (SSSR count). The van der Waals surface area contributed by atoms with E-state index in [-0.39, 0.29) is 66.8 Å². The van der Waals surface area contributed by atoms with Crippen molar-refractivity contribution < 1.29 is 63.7 Å². The highest BCUT2D eigenvalue weighted by molar-refractivity contribution is 6.39. The Labute approximate surface area is 386 Å². The predicted octanol–water partition coefficient (Wildman–Crippen LogP) is 5.37. The second kappa shape index (κ2) is 25.1. The Bertz CT molecular complexity index is 1760. The van der Waals surface area contributed by atoms with E-state index in [1.807, 2.05) is 51.2 Å². The van der Waals surface area contributed by atoms with Crippen LogP contribution in [0.2, 0.25) is 0 Å². The van der Waals surface area contributed by atoms with Crippen molar-refractivity contribution in [2.45, 2.75) is 168 Å². The number of methoxy groups -OCH3 is 1. The molecule has 65 heavy (non-hydrogen) atoms. The van der Waals surface area contributed by atoms with Crippen molar-refractivity contribution in [2.24, 2.45) is 47.3 Å². The van der Waals surface area contributed by atoms with Gasteiger partial charge < -0.3 is 44.6 Å². The number of ether oxygens (including phenoxy) is 3. The third-order valence-corrected chi connectivity index (χ3v) is 14.7. The van der Waals surface area contributed by atoms with Gasteiger partial charge in [-0.25, -0.2) is 4.79 Å². The number of amides is 1. The summed E-state index contributed by atoms with van der Waals surface area (Å²) < 4.78 is 18.2. The molecule has 3 unspecified atom stereocenters. The topological polar surface area (TPSA) is 217 Å². The summed E-state index contributed by atoms with van der Waals surface area (Å²) in [4.78, 5) is 71.6. The smallest absolute Gasteiger partial charge is 0.329 e. The number of ketones is 3. The van der Waals surface area contributed by atoms with E-state index in [0.29, 0.717) is 64.2 Å². The van der Waals surface area contributed by atoms with Crippen molar-refractivity contribution in [1.29, 1.82) is 0 Å². The molecule has 2 bridgehead atoms. The summed E-state index contributed by atoms with van der Waals surface area (Å²) in [6.45, 7) is 11.8. The number of hydrogen-bond acceptors (Lipinski definition) is 13. The minimum atomic E-state index is -2.44. The Morgan fingerprint density at radius 1 is 0.892 bits per heavy atom. The molecular formula is C51H79NO13. The molecule has 14 heteroatoms. The first-order chi connectivity index (χ1) is 30.7. The fourth-order valence-electron chi connectivity index (χ4n) is 10.3. The molecule has 2 saturated heterocycles. The number of Topliss-reactive ketones (excluding diaryl/α,β-unsaturated/α-hetero) is 3. The number of fused-ring (bicyclic) bond motifs is 3. The molecule has 0 spiro atoms. The molecule has 0 aromatic heterocycles. The molecule has 0 radical (unpaired) electrons. The van der Waals surface area contributed by atoms with Crippen molar-refractivity contribution in [2.75, 3.05) is 26.9 Å². The van der Waals surface area contributed by atoms with Gasteiger partial charge in [0.15, 0.2) is 5.78 Å². The normalized spacial score (nSPS) is 38.6. The Morgan fingerprint density at radius 3 is 2.29 bits per heavy atom. The van der Waals surface area contributed by atoms with E-state index in [0.717, 1.165) is 5.57 Å². The van der Waals surface area contributed by atoms with E-state index in [4.69, 9.17) is 14.2 Å². The van der Waals surface area contributed by atoms with Crippen molar-refractivity contribution >= 4 is 29.2 Å². The summed E-state index contributed by atoms with van der Waals surface area (Å²) in [5, 5.41) is 54.0. The average molecular weight is 914 g/mol. The van der Waals surface area contributed by atoms with E-state index in [2.05, 4.69) is 0 Å². The summed E-state index contributed by atoms with van der Waals surface area (Å²) in [6, 6.07) is -1.17. The molecule has 366 valence electrons. The molecule has 4 aliphatic rings. The third kappa shape index (κ3) is 14.3. The van der Waals surface area contributed by atoms with Crippen LogP contribution in [0.3, 0.4) is 0 Å². The fraction of sp³-hybridized carbons (Fsp3) is 0.745. The van der Waals surface area contributed by atoms with Crippen LogP contribution in [0, 0.1) is 47.3 Å². The lowest BCUT2D eigenvalue weighted by Crippen LogP contribution is -2.61. The second-order valence-corrected chi connectivity index (χ2v) is 19.9. The molecule has 1 aliphatic carbocycles. The quantitative estimate of drug-likeness (QED) is 0.168. The van der Waals surface area contributed by atoms with Crippen LogP contribution in [0.4, 0.5) is 0 Å². The number of rotatable bonds is 6. The van der Waals surface area contributed by atoms with Crippen molar-refractivity contribution in [3.05, 3.63) is 47.6 Å². The molecule has 3 aliphatic heterocycles. The number of hydrogen-bond donors (Lipinski definition) is 5. The number of aliphatic hydroxyl groups excluding tert-OH is 4. The Morgan fingerprint density at radius 2 is 1.62 bits per heavy atom. The minimum absolute atomic E-state index is 0.00899. The number of allylic oxidation sites excluding steroid dienone is 6. The van der Waals surface area contributed by atoms with E-state index in [9.17, 15) is 49.5 Å². The standard InChI is InChI=1S/C51H79NO13/c1-30-14-10-9-11-15-31(2)44(63-8)26-39-19-17-36(7)51(62,65-39)48(59)49(60)52-21-13-12-16-41(52)50(61)64-45(33(4)24-37-18-20-42(55)38(25-37)28-53)27-43(56)32(3)23-35(6)47(58)40(29-54)46(57)34(5)22-30/h9-11,14-15,23,30,33-42,44-45,47,53-55,58,62H,12-13,16-22,24-29H2,1-8H3/b11-9?,14-10?,31-15?,32-23+/t30-,33-,34+,35?,36-,37?,38+,39+,40+,41+,42-,44-,45?,47-,51-/m1/s1. The van der Waals surface area contributed by atoms with Gasteiger partial charge in [0.2, 0.25) is 5.79 Å². The Balaban J connectivity index is 1.70. The number of carbonyl (C=O) groups excluding carboxylic acids is 5. The van der Waals surface area contributed by atoms with Crippen LogP contribution < -0.4 is 0 Å².